The highest BCUT2D eigenvalue weighted by Crippen LogP contribution is 2.08. The number of carbonyl (C=O) groups excluding carboxylic acids is 1. The number of hydrogen-bond donors (Lipinski definition) is 2. The molecule has 1 rings (SSSR count). The van der Waals surface area contributed by atoms with E-state index in [4.69, 9.17) is 0 Å². The van der Waals surface area contributed by atoms with E-state index in [9.17, 15) is 4.79 Å². The van der Waals surface area contributed by atoms with Gasteiger partial charge in [-0.25, -0.2) is 0 Å². The molecule has 1 unspecified atom stereocenters. The predicted octanol–water partition coefficient (Wildman–Crippen LogP) is 1.01. The minimum absolute atomic E-state index is 0.0298. The van der Waals surface area contributed by atoms with Crippen LogP contribution in [0.2, 0.25) is 0 Å². The Morgan fingerprint density at radius 2 is 2.43 bits per heavy atom. The number of amides is 1. The van der Waals surface area contributed by atoms with E-state index in [1.54, 1.807) is 18.4 Å². The van der Waals surface area contributed by atoms with Crippen molar-refractivity contribution in [3.05, 3.63) is 22.4 Å². The summed E-state index contributed by atoms with van der Waals surface area (Å²) < 4.78 is 0. The molecule has 0 bridgehead atoms. The van der Waals surface area contributed by atoms with Crippen LogP contribution in [0, 0.1) is 0 Å². The van der Waals surface area contributed by atoms with Gasteiger partial charge < -0.3 is 10.6 Å². The number of likely N-dealkylation sites (N-methyl/N-ethyl adjacent to an activating group) is 1. The quantitative estimate of drug-likeness (QED) is 0.765. The average molecular weight is 212 g/mol. The third-order valence-electron chi connectivity index (χ3n) is 2.01. The molecule has 0 aliphatic carbocycles. The van der Waals surface area contributed by atoms with Gasteiger partial charge in [-0.1, -0.05) is 0 Å². The van der Waals surface area contributed by atoms with E-state index in [0.717, 1.165) is 6.42 Å². The van der Waals surface area contributed by atoms with Crippen molar-refractivity contribution in [2.24, 2.45) is 0 Å². The summed E-state index contributed by atoms with van der Waals surface area (Å²) in [5.74, 6) is 0.0298. The molecule has 1 aromatic rings. The van der Waals surface area contributed by atoms with Crippen LogP contribution in [-0.2, 0) is 11.2 Å². The predicted molar refractivity (Wildman–Crippen MR) is 59.6 cm³/mol. The van der Waals surface area contributed by atoms with Gasteiger partial charge in [0.05, 0.1) is 6.54 Å². The number of nitrogens with one attached hydrogen (secondary N) is 2. The van der Waals surface area contributed by atoms with Crippen LogP contribution in [-0.4, -0.2) is 25.5 Å². The highest BCUT2D eigenvalue weighted by molar-refractivity contribution is 7.07. The van der Waals surface area contributed by atoms with Gasteiger partial charge in [0.25, 0.3) is 0 Å². The maximum absolute atomic E-state index is 10.9. The number of carbonyl (C=O) groups is 1. The van der Waals surface area contributed by atoms with Crippen molar-refractivity contribution in [2.45, 2.75) is 19.4 Å². The monoisotopic (exact) mass is 212 g/mol. The molecule has 0 fully saturated rings. The third-order valence-corrected chi connectivity index (χ3v) is 2.74. The van der Waals surface area contributed by atoms with Gasteiger partial charge in [-0.05, 0) is 35.7 Å². The summed E-state index contributed by atoms with van der Waals surface area (Å²) in [6.07, 6.45) is 0.973. The molecule has 14 heavy (non-hydrogen) atoms. The molecule has 0 spiro atoms. The second kappa shape index (κ2) is 5.78. The molecule has 4 heteroatoms. The van der Waals surface area contributed by atoms with Crippen molar-refractivity contribution in [1.29, 1.82) is 0 Å². The highest BCUT2D eigenvalue weighted by Gasteiger charge is 2.05. The summed E-state index contributed by atoms with van der Waals surface area (Å²) >= 11 is 1.70. The van der Waals surface area contributed by atoms with Crippen LogP contribution in [0.4, 0.5) is 0 Å². The van der Waals surface area contributed by atoms with Crippen LogP contribution in [0.25, 0.3) is 0 Å². The fourth-order valence-corrected chi connectivity index (χ4v) is 1.87. The van der Waals surface area contributed by atoms with E-state index in [-0.39, 0.29) is 5.91 Å². The van der Waals surface area contributed by atoms with Crippen molar-refractivity contribution >= 4 is 17.2 Å². The van der Waals surface area contributed by atoms with Crippen LogP contribution in [0.15, 0.2) is 16.8 Å². The van der Waals surface area contributed by atoms with E-state index in [1.807, 2.05) is 0 Å². The summed E-state index contributed by atoms with van der Waals surface area (Å²) in [7, 11) is 1.65. The van der Waals surface area contributed by atoms with Gasteiger partial charge >= 0.3 is 0 Å². The first-order valence-corrected chi connectivity index (χ1v) is 5.61. The topological polar surface area (TPSA) is 41.1 Å². The SMILES string of the molecule is CNC(=O)CNC(C)Cc1ccsc1. The summed E-state index contributed by atoms with van der Waals surface area (Å²) in [6.45, 7) is 2.47. The molecule has 78 valence electrons. The Morgan fingerprint density at radius 1 is 1.64 bits per heavy atom. The molecule has 2 N–H and O–H groups in total. The van der Waals surface area contributed by atoms with Gasteiger partial charge in [0.1, 0.15) is 0 Å². The largest absolute Gasteiger partial charge is 0.358 e. The minimum atomic E-state index is 0.0298. The van der Waals surface area contributed by atoms with Crippen molar-refractivity contribution in [1.82, 2.24) is 10.6 Å². The lowest BCUT2D eigenvalue weighted by Crippen LogP contribution is -2.37. The Bertz CT molecular complexity index is 272. The first-order valence-electron chi connectivity index (χ1n) is 4.67. The summed E-state index contributed by atoms with van der Waals surface area (Å²) in [5.41, 5.74) is 1.33. The van der Waals surface area contributed by atoms with Crippen molar-refractivity contribution in [3.8, 4) is 0 Å². The lowest BCUT2D eigenvalue weighted by Gasteiger charge is -2.11. The first kappa shape index (κ1) is 11.2. The van der Waals surface area contributed by atoms with Crippen molar-refractivity contribution in [3.63, 3.8) is 0 Å². The highest BCUT2D eigenvalue weighted by atomic mass is 32.1. The molecular weight excluding hydrogens is 196 g/mol. The Balaban J connectivity index is 2.22. The molecule has 1 amide bonds. The molecule has 0 aromatic carbocycles. The second-order valence-electron chi connectivity index (χ2n) is 3.29. The molecule has 0 radical (unpaired) electrons. The lowest BCUT2D eigenvalue weighted by molar-refractivity contribution is -0.119. The van der Waals surface area contributed by atoms with Crippen molar-refractivity contribution in [2.75, 3.05) is 13.6 Å². The van der Waals surface area contributed by atoms with Crippen LogP contribution in [0.5, 0.6) is 0 Å². The van der Waals surface area contributed by atoms with Gasteiger partial charge in [0.15, 0.2) is 0 Å². The first-order chi connectivity index (χ1) is 6.72. The zero-order valence-corrected chi connectivity index (χ0v) is 9.36. The Morgan fingerprint density at radius 3 is 3.00 bits per heavy atom. The molecular formula is C10H16N2OS. The van der Waals surface area contributed by atoms with E-state index in [0.29, 0.717) is 12.6 Å². The normalized spacial score (nSPS) is 12.4. The molecule has 3 nitrogen and oxygen atoms in total. The van der Waals surface area contributed by atoms with Gasteiger partial charge in [0, 0.05) is 13.1 Å². The molecule has 1 heterocycles. The molecule has 0 aliphatic rings. The van der Waals surface area contributed by atoms with Crippen LogP contribution >= 0.6 is 11.3 Å². The van der Waals surface area contributed by atoms with E-state index < -0.39 is 0 Å². The molecule has 1 atom stereocenters. The number of rotatable bonds is 5. The van der Waals surface area contributed by atoms with Gasteiger partial charge in [0.2, 0.25) is 5.91 Å². The fourth-order valence-electron chi connectivity index (χ4n) is 1.19. The maximum Gasteiger partial charge on any atom is 0.233 e. The standard InChI is InChI=1S/C10H16N2OS/c1-8(12-6-10(13)11-2)5-9-3-4-14-7-9/h3-4,7-8,12H,5-6H2,1-2H3,(H,11,13). The van der Waals surface area contributed by atoms with Gasteiger partial charge in [-0.15, -0.1) is 0 Å². The van der Waals surface area contributed by atoms with Crippen LogP contribution < -0.4 is 10.6 Å². The number of thiophene rings is 1. The van der Waals surface area contributed by atoms with Crippen LogP contribution in [0.1, 0.15) is 12.5 Å². The Labute approximate surface area is 88.5 Å². The van der Waals surface area contributed by atoms with Crippen LogP contribution in [0.3, 0.4) is 0 Å². The Hall–Kier alpha value is -0.870. The third kappa shape index (κ3) is 3.89. The lowest BCUT2D eigenvalue weighted by atomic mass is 10.1. The summed E-state index contributed by atoms with van der Waals surface area (Å²) in [5, 5.41) is 9.95. The number of hydrogen-bond acceptors (Lipinski definition) is 3. The van der Waals surface area contributed by atoms with E-state index in [2.05, 4.69) is 34.4 Å². The second-order valence-corrected chi connectivity index (χ2v) is 4.07. The van der Waals surface area contributed by atoms with Crippen molar-refractivity contribution < 1.29 is 4.79 Å². The van der Waals surface area contributed by atoms with E-state index >= 15 is 0 Å². The summed E-state index contributed by atoms with van der Waals surface area (Å²) in [6, 6.07) is 2.45. The van der Waals surface area contributed by atoms with E-state index in [1.165, 1.54) is 5.56 Å². The van der Waals surface area contributed by atoms with Gasteiger partial charge in [-0.2, -0.15) is 11.3 Å². The zero-order chi connectivity index (χ0) is 10.4. The average Bonchev–Trinajstić information content (AvgIpc) is 2.66. The summed E-state index contributed by atoms with van der Waals surface area (Å²) in [4.78, 5) is 10.9. The fraction of sp³-hybridized carbons (Fsp3) is 0.500. The Kier molecular flexibility index (Phi) is 4.62. The smallest absolute Gasteiger partial charge is 0.233 e. The minimum Gasteiger partial charge on any atom is -0.358 e. The van der Waals surface area contributed by atoms with Gasteiger partial charge in [-0.3, -0.25) is 4.79 Å². The molecule has 0 aliphatic heterocycles. The zero-order valence-electron chi connectivity index (χ0n) is 8.54. The molecule has 0 saturated heterocycles. The molecule has 1 aromatic heterocycles. The molecule has 0 saturated carbocycles. The maximum atomic E-state index is 10.9.